The van der Waals surface area contributed by atoms with E-state index >= 15 is 0 Å². The molecule has 1 aliphatic heterocycles. The number of carbonyl (C=O) groups excluding carboxylic acids is 1. The van der Waals surface area contributed by atoms with Gasteiger partial charge in [-0.1, -0.05) is 0 Å². The third-order valence-electron chi connectivity index (χ3n) is 4.81. The van der Waals surface area contributed by atoms with Gasteiger partial charge in [-0.05, 0) is 50.2 Å². The molecule has 0 saturated carbocycles. The fourth-order valence-electron chi connectivity index (χ4n) is 3.28. The van der Waals surface area contributed by atoms with Gasteiger partial charge in [0.05, 0.1) is 33.5 Å². The Balaban J connectivity index is 1.87. The summed E-state index contributed by atoms with van der Waals surface area (Å²) >= 11 is 0. The Bertz CT molecular complexity index is 1050. The van der Waals surface area contributed by atoms with Crippen molar-refractivity contribution in [2.45, 2.75) is 18.7 Å². The molecule has 1 heterocycles. The van der Waals surface area contributed by atoms with Gasteiger partial charge in [-0.2, -0.15) is 4.31 Å². The number of hydrogen-bond acceptors (Lipinski definition) is 7. The Kier molecular flexibility index (Phi) is 7.94. The topological polar surface area (TPSA) is 103 Å². The number of hydrogen-bond donors (Lipinski definition) is 1. The molecule has 0 spiro atoms. The minimum Gasteiger partial charge on any atom is -0.495 e. The van der Waals surface area contributed by atoms with E-state index in [1.54, 1.807) is 24.3 Å². The molecule has 1 N–H and O–H groups in total. The van der Waals surface area contributed by atoms with Crippen molar-refractivity contribution in [3.05, 3.63) is 42.0 Å². The number of rotatable bonds is 9. The molecule has 10 heteroatoms. The molecule has 2 aromatic rings. The standard InChI is InChI=1S/C22H28N2O7S/c1-4-30-18-8-6-16(14-20(18)31-5-2)22(25)23-17-7-9-19(28-3)21(15-17)32(26,27)24-10-12-29-13-11-24/h6-9,14-15H,4-5,10-13H2,1-3H3,(H,23,25). The number of sulfonamides is 1. The monoisotopic (exact) mass is 464 g/mol. The average Bonchev–Trinajstić information content (AvgIpc) is 2.81. The van der Waals surface area contributed by atoms with E-state index < -0.39 is 15.9 Å². The molecule has 0 aromatic heterocycles. The Labute approximate surface area is 188 Å². The molecule has 0 atom stereocenters. The quantitative estimate of drug-likeness (QED) is 0.609. The molecule has 0 bridgehead atoms. The number of morpholine rings is 1. The zero-order valence-electron chi connectivity index (χ0n) is 18.4. The Morgan fingerprint density at radius 1 is 1.00 bits per heavy atom. The van der Waals surface area contributed by atoms with Crippen molar-refractivity contribution in [1.82, 2.24) is 4.31 Å². The first-order chi connectivity index (χ1) is 15.4. The fourth-order valence-corrected chi connectivity index (χ4v) is 4.87. The van der Waals surface area contributed by atoms with Crippen LogP contribution in [0.15, 0.2) is 41.3 Å². The highest BCUT2D eigenvalue weighted by atomic mass is 32.2. The summed E-state index contributed by atoms with van der Waals surface area (Å²) in [4.78, 5) is 12.8. The van der Waals surface area contributed by atoms with E-state index in [2.05, 4.69) is 5.32 Å². The van der Waals surface area contributed by atoms with Gasteiger partial charge in [0.15, 0.2) is 11.5 Å². The van der Waals surface area contributed by atoms with Crippen LogP contribution in [0.3, 0.4) is 0 Å². The van der Waals surface area contributed by atoms with Crippen molar-refractivity contribution in [1.29, 1.82) is 0 Å². The molecular formula is C22H28N2O7S. The van der Waals surface area contributed by atoms with Crippen molar-refractivity contribution in [3.63, 3.8) is 0 Å². The van der Waals surface area contributed by atoms with Crippen molar-refractivity contribution < 1.29 is 32.2 Å². The summed E-state index contributed by atoms with van der Waals surface area (Å²) in [6.07, 6.45) is 0. The summed E-state index contributed by atoms with van der Waals surface area (Å²) in [5, 5.41) is 2.75. The average molecular weight is 465 g/mol. The number of ether oxygens (including phenoxy) is 4. The van der Waals surface area contributed by atoms with Crippen LogP contribution in [0, 0.1) is 0 Å². The van der Waals surface area contributed by atoms with Crippen LogP contribution in [0.25, 0.3) is 0 Å². The number of nitrogens with one attached hydrogen (secondary N) is 1. The first-order valence-electron chi connectivity index (χ1n) is 10.4. The predicted molar refractivity (Wildman–Crippen MR) is 119 cm³/mol. The van der Waals surface area contributed by atoms with E-state index in [-0.39, 0.29) is 23.7 Å². The number of anilines is 1. The van der Waals surface area contributed by atoms with Crippen molar-refractivity contribution in [3.8, 4) is 17.2 Å². The van der Waals surface area contributed by atoms with Crippen LogP contribution in [0.5, 0.6) is 17.2 Å². The summed E-state index contributed by atoms with van der Waals surface area (Å²) in [5.74, 6) is 0.810. The molecule has 2 aromatic carbocycles. The summed E-state index contributed by atoms with van der Waals surface area (Å²) in [7, 11) is -2.41. The van der Waals surface area contributed by atoms with Crippen LogP contribution >= 0.6 is 0 Å². The van der Waals surface area contributed by atoms with E-state index in [0.29, 0.717) is 49.2 Å². The molecule has 1 aliphatic rings. The van der Waals surface area contributed by atoms with Crippen LogP contribution in [-0.2, 0) is 14.8 Å². The summed E-state index contributed by atoms with van der Waals surface area (Å²) in [5.41, 5.74) is 0.680. The number of nitrogens with zero attached hydrogens (tertiary/aromatic N) is 1. The Morgan fingerprint density at radius 2 is 1.66 bits per heavy atom. The number of amides is 1. The molecular weight excluding hydrogens is 436 g/mol. The first kappa shape index (κ1) is 23.8. The van der Waals surface area contributed by atoms with Gasteiger partial charge in [0.2, 0.25) is 10.0 Å². The van der Waals surface area contributed by atoms with Crippen LogP contribution in [-0.4, -0.2) is 65.3 Å². The largest absolute Gasteiger partial charge is 0.495 e. The van der Waals surface area contributed by atoms with Crippen LogP contribution in [0.2, 0.25) is 0 Å². The lowest BCUT2D eigenvalue weighted by Gasteiger charge is -2.26. The molecule has 0 unspecified atom stereocenters. The third kappa shape index (κ3) is 5.32. The molecule has 174 valence electrons. The number of benzene rings is 2. The maximum Gasteiger partial charge on any atom is 0.255 e. The lowest BCUT2D eigenvalue weighted by atomic mass is 10.1. The molecule has 9 nitrogen and oxygen atoms in total. The van der Waals surface area contributed by atoms with E-state index in [0.717, 1.165) is 0 Å². The van der Waals surface area contributed by atoms with Gasteiger partial charge in [0, 0.05) is 24.3 Å². The van der Waals surface area contributed by atoms with E-state index in [1.807, 2.05) is 13.8 Å². The minimum absolute atomic E-state index is 0.0126. The fraction of sp³-hybridized carbons (Fsp3) is 0.409. The Hall–Kier alpha value is -2.82. The molecule has 32 heavy (non-hydrogen) atoms. The summed E-state index contributed by atoms with van der Waals surface area (Å²) in [6.45, 7) is 5.78. The van der Waals surface area contributed by atoms with Crippen LogP contribution in [0.1, 0.15) is 24.2 Å². The molecule has 1 saturated heterocycles. The molecule has 1 amide bonds. The second-order valence-electron chi connectivity index (χ2n) is 6.86. The minimum atomic E-state index is -3.81. The number of carbonyl (C=O) groups is 1. The molecule has 3 rings (SSSR count). The van der Waals surface area contributed by atoms with Gasteiger partial charge >= 0.3 is 0 Å². The SMILES string of the molecule is CCOc1ccc(C(=O)Nc2ccc(OC)c(S(=O)(=O)N3CCOCC3)c2)cc1OCC. The first-order valence-corrected chi connectivity index (χ1v) is 11.8. The van der Waals surface area contributed by atoms with Crippen LogP contribution in [0.4, 0.5) is 5.69 Å². The van der Waals surface area contributed by atoms with E-state index in [1.165, 1.54) is 23.5 Å². The van der Waals surface area contributed by atoms with Gasteiger partial charge in [-0.3, -0.25) is 4.79 Å². The van der Waals surface area contributed by atoms with Gasteiger partial charge in [-0.25, -0.2) is 8.42 Å². The van der Waals surface area contributed by atoms with Gasteiger partial charge in [-0.15, -0.1) is 0 Å². The number of methoxy groups -OCH3 is 1. The highest BCUT2D eigenvalue weighted by molar-refractivity contribution is 7.89. The van der Waals surface area contributed by atoms with Gasteiger partial charge in [0.25, 0.3) is 5.91 Å². The maximum absolute atomic E-state index is 13.1. The van der Waals surface area contributed by atoms with Crippen molar-refractivity contribution in [2.75, 3.05) is 51.9 Å². The normalized spacial score (nSPS) is 14.6. The van der Waals surface area contributed by atoms with E-state index in [4.69, 9.17) is 18.9 Å². The lowest BCUT2D eigenvalue weighted by molar-refractivity contribution is 0.0729. The zero-order chi connectivity index (χ0) is 23.1. The maximum atomic E-state index is 13.1. The zero-order valence-corrected chi connectivity index (χ0v) is 19.2. The second kappa shape index (κ2) is 10.7. The highest BCUT2D eigenvalue weighted by Gasteiger charge is 2.29. The molecule has 0 radical (unpaired) electrons. The van der Waals surface area contributed by atoms with Gasteiger partial charge < -0.3 is 24.3 Å². The molecule has 1 fully saturated rings. The van der Waals surface area contributed by atoms with E-state index in [9.17, 15) is 13.2 Å². The smallest absolute Gasteiger partial charge is 0.255 e. The molecule has 0 aliphatic carbocycles. The van der Waals surface area contributed by atoms with Crippen LogP contribution < -0.4 is 19.5 Å². The summed E-state index contributed by atoms with van der Waals surface area (Å²) < 4.78 is 49.2. The predicted octanol–water partition coefficient (Wildman–Crippen LogP) is 2.77. The van der Waals surface area contributed by atoms with Gasteiger partial charge in [0.1, 0.15) is 10.6 Å². The Morgan fingerprint density at radius 3 is 2.31 bits per heavy atom. The summed E-state index contributed by atoms with van der Waals surface area (Å²) in [6, 6.07) is 9.40. The van der Waals surface area contributed by atoms with Crippen molar-refractivity contribution in [2.24, 2.45) is 0 Å². The third-order valence-corrected chi connectivity index (χ3v) is 6.73. The second-order valence-corrected chi connectivity index (χ2v) is 8.77. The highest BCUT2D eigenvalue weighted by Crippen LogP contribution is 2.31. The lowest BCUT2D eigenvalue weighted by Crippen LogP contribution is -2.40. The van der Waals surface area contributed by atoms with Crippen molar-refractivity contribution >= 4 is 21.6 Å².